The first-order valence-corrected chi connectivity index (χ1v) is 4.07. The van der Waals surface area contributed by atoms with Gasteiger partial charge in [0.1, 0.15) is 12.4 Å². The molecule has 0 bridgehead atoms. The lowest BCUT2D eigenvalue weighted by Gasteiger charge is -2.15. The molecule has 0 unspecified atom stereocenters. The van der Waals surface area contributed by atoms with Gasteiger partial charge >= 0.3 is 7.12 Å². The Bertz CT molecular complexity index is 347. The highest BCUT2D eigenvalue weighted by Gasteiger charge is 2.18. The van der Waals surface area contributed by atoms with Gasteiger partial charge in [0.25, 0.3) is 0 Å². The molecule has 0 fully saturated rings. The first-order valence-electron chi connectivity index (χ1n) is 4.07. The third kappa shape index (κ3) is 1.46. The molecular formula is C9H9BO3. The van der Waals surface area contributed by atoms with E-state index in [1.807, 2.05) is 18.2 Å². The zero-order valence-corrected chi connectivity index (χ0v) is 6.97. The molecule has 0 saturated heterocycles. The van der Waals surface area contributed by atoms with Crippen molar-refractivity contribution in [1.82, 2.24) is 0 Å². The molecule has 0 aliphatic carbocycles. The summed E-state index contributed by atoms with van der Waals surface area (Å²) in [4.78, 5) is 0. The Kier molecular flexibility index (Phi) is 2.08. The fourth-order valence-corrected chi connectivity index (χ4v) is 1.39. The maximum Gasteiger partial charge on any atom is 0.489 e. The number of hydrogen-bond acceptors (Lipinski definition) is 3. The van der Waals surface area contributed by atoms with E-state index in [0.717, 1.165) is 5.56 Å². The van der Waals surface area contributed by atoms with Crippen molar-refractivity contribution in [2.75, 3.05) is 6.61 Å². The van der Waals surface area contributed by atoms with Gasteiger partial charge in [-0.3, -0.25) is 0 Å². The Morgan fingerprint density at radius 3 is 2.92 bits per heavy atom. The largest absolute Gasteiger partial charge is 0.489 e. The van der Waals surface area contributed by atoms with E-state index in [2.05, 4.69) is 0 Å². The normalized spacial score (nSPS) is 13.4. The van der Waals surface area contributed by atoms with Crippen LogP contribution in [0.25, 0.3) is 6.08 Å². The Morgan fingerprint density at radius 1 is 1.31 bits per heavy atom. The SMILES string of the molecule is OB(O)c1cccc2c1C=CCO2. The lowest BCUT2D eigenvalue weighted by molar-refractivity contribution is 0.358. The van der Waals surface area contributed by atoms with Gasteiger partial charge in [-0.15, -0.1) is 0 Å². The van der Waals surface area contributed by atoms with Crippen molar-refractivity contribution in [2.45, 2.75) is 0 Å². The van der Waals surface area contributed by atoms with Crippen molar-refractivity contribution in [3.8, 4) is 5.75 Å². The van der Waals surface area contributed by atoms with Crippen LogP contribution in [-0.2, 0) is 0 Å². The van der Waals surface area contributed by atoms with Crippen molar-refractivity contribution in [3.05, 3.63) is 29.8 Å². The van der Waals surface area contributed by atoms with Crippen LogP contribution in [0.3, 0.4) is 0 Å². The molecule has 1 aromatic carbocycles. The van der Waals surface area contributed by atoms with Gasteiger partial charge in [0.15, 0.2) is 0 Å². The number of fused-ring (bicyclic) bond motifs is 1. The molecule has 2 rings (SSSR count). The summed E-state index contributed by atoms with van der Waals surface area (Å²) in [5.41, 5.74) is 1.23. The summed E-state index contributed by atoms with van der Waals surface area (Å²) >= 11 is 0. The Balaban J connectivity index is 2.54. The molecule has 0 atom stereocenters. The summed E-state index contributed by atoms with van der Waals surface area (Å²) in [5, 5.41) is 18.1. The van der Waals surface area contributed by atoms with E-state index in [1.54, 1.807) is 12.1 Å². The molecule has 0 radical (unpaired) electrons. The number of ether oxygens (including phenoxy) is 1. The van der Waals surface area contributed by atoms with Crippen molar-refractivity contribution in [2.24, 2.45) is 0 Å². The Morgan fingerprint density at radius 2 is 2.15 bits per heavy atom. The van der Waals surface area contributed by atoms with Crippen molar-refractivity contribution >= 4 is 18.7 Å². The molecular weight excluding hydrogens is 167 g/mol. The maximum absolute atomic E-state index is 9.05. The van der Waals surface area contributed by atoms with Crippen LogP contribution in [0.4, 0.5) is 0 Å². The van der Waals surface area contributed by atoms with Crippen LogP contribution in [-0.4, -0.2) is 23.8 Å². The molecule has 1 aromatic rings. The third-order valence-corrected chi connectivity index (χ3v) is 2.00. The first-order chi connectivity index (χ1) is 6.29. The average molecular weight is 176 g/mol. The smallest absolute Gasteiger partial charge is 0.489 e. The standard InChI is InChI=1S/C9H9BO3/c11-10(12)8-4-1-5-9-7(8)3-2-6-13-9/h1-5,11-12H,6H2. The highest BCUT2D eigenvalue weighted by atomic mass is 16.5. The van der Waals surface area contributed by atoms with Crippen molar-refractivity contribution < 1.29 is 14.8 Å². The monoisotopic (exact) mass is 176 g/mol. The molecule has 66 valence electrons. The molecule has 13 heavy (non-hydrogen) atoms. The van der Waals surface area contributed by atoms with E-state index in [1.165, 1.54) is 0 Å². The van der Waals surface area contributed by atoms with E-state index in [4.69, 9.17) is 14.8 Å². The molecule has 3 nitrogen and oxygen atoms in total. The second kappa shape index (κ2) is 3.24. The number of hydrogen-bond donors (Lipinski definition) is 2. The van der Waals surface area contributed by atoms with Gasteiger partial charge in [0.05, 0.1) is 0 Å². The van der Waals surface area contributed by atoms with Crippen LogP contribution in [0.1, 0.15) is 5.56 Å². The summed E-state index contributed by atoms with van der Waals surface area (Å²) < 4.78 is 5.31. The van der Waals surface area contributed by atoms with Gasteiger partial charge in [0.2, 0.25) is 0 Å². The molecule has 0 amide bonds. The first kappa shape index (κ1) is 8.35. The number of benzene rings is 1. The summed E-state index contributed by atoms with van der Waals surface area (Å²) in [5.74, 6) is 0.702. The fraction of sp³-hybridized carbons (Fsp3) is 0.111. The van der Waals surface area contributed by atoms with Crippen LogP contribution < -0.4 is 10.2 Å². The van der Waals surface area contributed by atoms with E-state index in [-0.39, 0.29) is 0 Å². The summed E-state index contributed by atoms with van der Waals surface area (Å²) in [7, 11) is -1.44. The minimum absolute atomic E-state index is 0.480. The maximum atomic E-state index is 9.05. The zero-order chi connectivity index (χ0) is 9.26. The predicted octanol–water partition coefficient (Wildman–Crippen LogP) is -0.228. The van der Waals surface area contributed by atoms with Crippen LogP contribution in [0.5, 0.6) is 5.75 Å². The molecule has 0 spiro atoms. The van der Waals surface area contributed by atoms with Gasteiger partial charge in [-0.05, 0) is 17.6 Å². The summed E-state index contributed by atoms with van der Waals surface area (Å²) in [6.45, 7) is 0.540. The van der Waals surface area contributed by atoms with Crippen LogP contribution in [0, 0.1) is 0 Å². The molecule has 2 N–H and O–H groups in total. The fourth-order valence-electron chi connectivity index (χ4n) is 1.39. The molecule has 1 aliphatic rings. The van der Waals surface area contributed by atoms with Crippen molar-refractivity contribution in [3.63, 3.8) is 0 Å². The average Bonchev–Trinajstić information content (AvgIpc) is 2.17. The van der Waals surface area contributed by atoms with Gasteiger partial charge in [-0.2, -0.15) is 0 Å². The molecule has 0 saturated carbocycles. The lowest BCUT2D eigenvalue weighted by Crippen LogP contribution is -2.32. The molecule has 4 heteroatoms. The molecule has 1 aliphatic heterocycles. The van der Waals surface area contributed by atoms with Gasteiger partial charge in [-0.25, -0.2) is 0 Å². The van der Waals surface area contributed by atoms with Gasteiger partial charge < -0.3 is 14.8 Å². The van der Waals surface area contributed by atoms with Crippen LogP contribution in [0.15, 0.2) is 24.3 Å². The van der Waals surface area contributed by atoms with E-state index in [9.17, 15) is 0 Å². The number of rotatable bonds is 1. The van der Waals surface area contributed by atoms with Crippen LogP contribution >= 0.6 is 0 Å². The van der Waals surface area contributed by atoms with Gasteiger partial charge in [-0.1, -0.05) is 18.2 Å². The Hall–Kier alpha value is -1.26. The minimum atomic E-state index is -1.44. The van der Waals surface area contributed by atoms with Gasteiger partial charge in [0, 0.05) is 5.56 Å². The molecule has 0 aromatic heterocycles. The lowest BCUT2D eigenvalue weighted by atomic mass is 9.76. The van der Waals surface area contributed by atoms with Crippen molar-refractivity contribution in [1.29, 1.82) is 0 Å². The van der Waals surface area contributed by atoms with E-state index in [0.29, 0.717) is 17.8 Å². The summed E-state index contributed by atoms with van der Waals surface area (Å²) in [6, 6.07) is 5.22. The predicted molar refractivity (Wildman–Crippen MR) is 50.8 cm³/mol. The van der Waals surface area contributed by atoms with E-state index < -0.39 is 7.12 Å². The minimum Gasteiger partial charge on any atom is -0.489 e. The highest BCUT2D eigenvalue weighted by Crippen LogP contribution is 2.21. The highest BCUT2D eigenvalue weighted by molar-refractivity contribution is 6.59. The topological polar surface area (TPSA) is 49.7 Å². The second-order valence-electron chi connectivity index (χ2n) is 2.85. The zero-order valence-electron chi connectivity index (χ0n) is 6.97. The second-order valence-corrected chi connectivity index (χ2v) is 2.85. The Labute approximate surface area is 76.4 Å². The van der Waals surface area contributed by atoms with Crippen LogP contribution in [0.2, 0.25) is 0 Å². The quantitative estimate of drug-likeness (QED) is 0.581. The molecule has 1 heterocycles. The summed E-state index contributed by atoms with van der Waals surface area (Å²) in [6.07, 6.45) is 3.68. The van der Waals surface area contributed by atoms with E-state index >= 15 is 0 Å². The third-order valence-electron chi connectivity index (χ3n) is 2.00.